The van der Waals surface area contributed by atoms with E-state index in [0.29, 0.717) is 34.3 Å². The standard InChI is InChI=1S/C26H21ClF3N5O2S.CH4O3S/c1-14(2)38(36,37)35-20-13-16(11-12-19(20)32-25(35)31)23-22(15-7-4-3-5-8-15)33-24(34-23)21-17(26(28,29)30)9-6-10-18(21)27;1-5(2,3)4/h3-14H,1-2H3,(H2,31,32)(H,33,34);1H3,(H,2,3,4). The van der Waals surface area contributed by atoms with Crippen LogP contribution >= 0.6 is 11.6 Å². The van der Waals surface area contributed by atoms with Gasteiger partial charge in [-0.05, 0) is 38.1 Å². The molecule has 43 heavy (non-hydrogen) atoms. The summed E-state index contributed by atoms with van der Waals surface area (Å²) in [5, 5.41) is -0.896. The molecule has 2 heterocycles. The first-order chi connectivity index (χ1) is 19.9. The predicted molar refractivity (Wildman–Crippen MR) is 160 cm³/mol. The van der Waals surface area contributed by atoms with Crippen molar-refractivity contribution in [1.29, 1.82) is 0 Å². The van der Waals surface area contributed by atoms with E-state index in [2.05, 4.69) is 15.0 Å². The summed E-state index contributed by atoms with van der Waals surface area (Å²) < 4.78 is 94.5. The van der Waals surface area contributed by atoms with Crippen LogP contribution in [0.3, 0.4) is 0 Å². The number of nitrogens with two attached hydrogens (primary N) is 1. The van der Waals surface area contributed by atoms with Gasteiger partial charge in [0.05, 0.1) is 44.5 Å². The number of rotatable bonds is 5. The number of hydrogen-bond donors (Lipinski definition) is 3. The van der Waals surface area contributed by atoms with E-state index < -0.39 is 37.1 Å². The highest BCUT2D eigenvalue weighted by Gasteiger charge is 2.36. The Balaban J connectivity index is 0.000000782. The zero-order valence-electron chi connectivity index (χ0n) is 22.8. The third kappa shape index (κ3) is 6.85. The number of H-pyrrole nitrogens is 1. The molecular formula is C27H25ClF3N5O5S2. The first kappa shape index (κ1) is 32.0. The molecule has 0 aliphatic heterocycles. The minimum absolute atomic E-state index is 0.0836. The molecule has 5 rings (SSSR count). The van der Waals surface area contributed by atoms with Crippen molar-refractivity contribution in [2.75, 3.05) is 12.0 Å². The second-order valence-electron chi connectivity index (χ2n) is 9.60. The smallest absolute Gasteiger partial charge is 0.368 e. The number of benzene rings is 3. The Morgan fingerprint density at radius 3 is 2.16 bits per heavy atom. The maximum absolute atomic E-state index is 13.9. The number of alkyl halides is 3. The van der Waals surface area contributed by atoms with Gasteiger partial charge in [-0.15, -0.1) is 0 Å². The number of anilines is 1. The highest BCUT2D eigenvalue weighted by molar-refractivity contribution is 7.90. The summed E-state index contributed by atoms with van der Waals surface area (Å²) in [7, 11) is -7.53. The zero-order chi connectivity index (χ0) is 31.9. The Morgan fingerprint density at radius 1 is 0.953 bits per heavy atom. The molecule has 0 spiro atoms. The molecular weight excluding hydrogens is 631 g/mol. The van der Waals surface area contributed by atoms with E-state index in [-0.39, 0.29) is 27.9 Å². The zero-order valence-corrected chi connectivity index (χ0v) is 25.1. The summed E-state index contributed by atoms with van der Waals surface area (Å²) in [5.74, 6) is -0.276. The third-order valence-electron chi connectivity index (χ3n) is 6.08. The molecule has 3 aromatic carbocycles. The fourth-order valence-electron chi connectivity index (χ4n) is 4.21. The Bertz CT molecular complexity index is 2020. The van der Waals surface area contributed by atoms with Crippen LogP contribution in [0.2, 0.25) is 5.02 Å². The monoisotopic (exact) mass is 655 g/mol. The van der Waals surface area contributed by atoms with E-state index in [0.717, 1.165) is 10.0 Å². The number of fused-ring (bicyclic) bond motifs is 1. The fourth-order valence-corrected chi connectivity index (χ4v) is 5.62. The van der Waals surface area contributed by atoms with Gasteiger partial charge in [-0.1, -0.05) is 54.1 Å². The first-order valence-electron chi connectivity index (χ1n) is 12.4. The molecule has 0 fully saturated rings. The molecule has 16 heteroatoms. The van der Waals surface area contributed by atoms with Gasteiger partial charge in [0.1, 0.15) is 5.82 Å². The summed E-state index contributed by atoms with van der Waals surface area (Å²) in [4.78, 5) is 11.7. The van der Waals surface area contributed by atoms with Crippen LogP contribution in [-0.4, -0.2) is 51.8 Å². The van der Waals surface area contributed by atoms with E-state index >= 15 is 0 Å². The maximum Gasteiger partial charge on any atom is 0.417 e. The number of hydrogen-bond acceptors (Lipinski definition) is 7. The molecule has 0 unspecified atom stereocenters. The van der Waals surface area contributed by atoms with Crippen LogP contribution in [0, 0.1) is 0 Å². The predicted octanol–water partition coefficient (Wildman–Crippen LogP) is 6.11. The summed E-state index contributed by atoms with van der Waals surface area (Å²) in [6.07, 6.45) is -3.96. The lowest BCUT2D eigenvalue weighted by Crippen LogP contribution is -2.23. The maximum atomic E-state index is 13.9. The van der Waals surface area contributed by atoms with Gasteiger partial charge >= 0.3 is 6.18 Å². The lowest BCUT2D eigenvalue weighted by Gasteiger charge is -2.12. The van der Waals surface area contributed by atoms with Gasteiger partial charge in [-0.2, -0.15) is 21.6 Å². The number of imidazole rings is 2. The molecule has 0 amide bonds. The van der Waals surface area contributed by atoms with Crippen LogP contribution in [0.4, 0.5) is 19.1 Å². The molecule has 0 bridgehead atoms. The van der Waals surface area contributed by atoms with Gasteiger partial charge in [0.2, 0.25) is 16.0 Å². The Kier molecular flexibility index (Phi) is 8.66. The van der Waals surface area contributed by atoms with Crippen molar-refractivity contribution < 1.29 is 34.6 Å². The van der Waals surface area contributed by atoms with Crippen molar-refractivity contribution in [3.05, 3.63) is 77.3 Å². The van der Waals surface area contributed by atoms with Gasteiger partial charge < -0.3 is 10.7 Å². The highest BCUT2D eigenvalue weighted by Crippen LogP contribution is 2.42. The Labute approximate surface area is 250 Å². The van der Waals surface area contributed by atoms with Crippen LogP contribution in [0.5, 0.6) is 0 Å². The normalized spacial score (nSPS) is 12.4. The second-order valence-corrected chi connectivity index (χ2v) is 13.8. The average Bonchev–Trinajstić information content (AvgIpc) is 3.48. The molecule has 5 aromatic rings. The quantitative estimate of drug-likeness (QED) is 0.191. The largest absolute Gasteiger partial charge is 0.417 e. The van der Waals surface area contributed by atoms with E-state index in [1.54, 1.807) is 48.5 Å². The molecule has 0 aliphatic carbocycles. The van der Waals surface area contributed by atoms with E-state index in [9.17, 15) is 30.0 Å². The number of aromatic amines is 1. The Morgan fingerprint density at radius 2 is 1.58 bits per heavy atom. The molecule has 228 valence electrons. The number of aromatic nitrogens is 4. The molecule has 0 saturated carbocycles. The van der Waals surface area contributed by atoms with Crippen molar-refractivity contribution in [2.45, 2.75) is 25.3 Å². The molecule has 10 nitrogen and oxygen atoms in total. The van der Waals surface area contributed by atoms with Gasteiger partial charge in [-0.3, -0.25) is 4.55 Å². The summed E-state index contributed by atoms with van der Waals surface area (Å²) in [5.41, 5.74) is 7.15. The van der Waals surface area contributed by atoms with Crippen LogP contribution < -0.4 is 5.73 Å². The topological polar surface area (TPSA) is 161 Å². The average molecular weight is 656 g/mol. The van der Waals surface area contributed by atoms with E-state index in [4.69, 9.17) is 21.9 Å². The lowest BCUT2D eigenvalue weighted by atomic mass is 10.0. The number of nitrogen functional groups attached to an aromatic ring is 1. The minimum atomic E-state index is -4.67. The van der Waals surface area contributed by atoms with Crippen LogP contribution in [-0.2, 0) is 26.3 Å². The van der Waals surface area contributed by atoms with E-state index in [1.165, 1.54) is 26.0 Å². The summed E-state index contributed by atoms with van der Waals surface area (Å²) in [6.45, 7) is 3.06. The van der Waals surface area contributed by atoms with Crippen LogP contribution in [0.15, 0.2) is 66.7 Å². The second kappa shape index (κ2) is 11.6. The van der Waals surface area contributed by atoms with Crippen molar-refractivity contribution in [2.24, 2.45) is 0 Å². The summed E-state index contributed by atoms with van der Waals surface area (Å²) >= 11 is 6.25. The Hall–Kier alpha value is -3.92. The van der Waals surface area contributed by atoms with Crippen molar-refractivity contribution >= 4 is 48.7 Å². The number of nitrogens with zero attached hydrogens (tertiary/aromatic N) is 3. The SMILES string of the molecule is CC(C)S(=O)(=O)n1c(N)nc2ccc(-c3nc(-c4c(Cl)cccc4C(F)(F)F)[nH]c3-c3ccccc3)cc21.CS(=O)(=O)O. The first-order valence-corrected chi connectivity index (χ1v) is 16.1. The molecule has 2 aromatic heterocycles. The number of nitrogens with one attached hydrogen (secondary N) is 1. The van der Waals surface area contributed by atoms with Crippen molar-refractivity contribution in [3.8, 4) is 33.9 Å². The third-order valence-corrected chi connectivity index (χ3v) is 8.48. The lowest BCUT2D eigenvalue weighted by molar-refractivity contribution is -0.137. The molecule has 4 N–H and O–H groups in total. The van der Waals surface area contributed by atoms with Gasteiger partial charge in [0.15, 0.2) is 0 Å². The minimum Gasteiger partial charge on any atom is -0.368 e. The summed E-state index contributed by atoms with van der Waals surface area (Å²) in [6, 6.07) is 17.3. The van der Waals surface area contributed by atoms with Crippen molar-refractivity contribution in [1.82, 2.24) is 18.9 Å². The van der Waals surface area contributed by atoms with Crippen LogP contribution in [0.25, 0.3) is 44.9 Å². The fraction of sp³-hybridized carbons (Fsp3) is 0.185. The highest BCUT2D eigenvalue weighted by atomic mass is 35.5. The van der Waals surface area contributed by atoms with Crippen LogP contribution in [0.1, 0.15) is 19.4 Å². The molecule has 0 atom stereocenters. The van der Waals surface area contributed by atoms with Crippen molar-refractivity contribution in [3.63, 3.8) is 0 Å². The van der Waals surface area contributed by atoms with Gasteiger partial charge in [-0.25, -0.2) is 22.4 Å². The molecule has 0 radical (unpaired) electrons. The van der Waals surface area contributed by atoms with E-state index in [1.807, 2.05) is 0 Å². The number of halogens is 4. The molecule has 0 saturated heterocycles. The molecule has 0 aliphatic rings. The van der Waals surface area contributed by atoms with Gasteiger partial charge in [0, 0.05) is 16.7 Å². The van der Waals surface area contributed by atoms with Gasteiger partial charge in [0.25, 0.3) is 10.1 Å².